The fourth-order valence-corrected chi connectivity index (χ4v) is 3.57. The molecule has 0 aliphatic carbocycles. The molecule has 1 atom stereocenters. The molecule has 0 saturated carbocycles. The predicted octanol–water partition coefficient (Wildman–Crippen LogP) is 4.94. The molecule has 26 heavy (non-hydrogen) atoms. The van der Waals surface area contributed by atoms with Crippen LogP contribution >= 0.6 is 23.4 Å². The van der Waals surface area contributed by atoms with Gasteiger partial charge in [0, 0.05) is 29.2 Å². The van der Waals surface area contributed by atoms with Gasteiger partial charge in [0.05, 0.1) is 10.3 Å². The van der Waals surface area contributed by atoms with Gasteiger partial charge in [0.1, 0.15) is 0 Å². The van der Waals surface area contributed by atoms with Gasteiger partial charge in [-0.2, -0.15) is 0 Å². The fraction of sp³-hybridized carbons (Fsp3) is 0.300. The number of halogens is 1. The molecule has 6 heteroatoms. The van der Waals surface area contributed by atoms with Crippen molar-refractivity contribution in [1.82, 2.24) is 4.90 Å². The number of hydrogen-bond acceptors (Lipinski definition) is 3. The second kappa shape index (κ2) is 9.64. The first kappa shape index (κ1) is 20.3. The molecule has 0 radical (unpaired) electrons. The third-order valence-electron chi connectivity index (χ3n) is 3.96. The van der Waals surface area contributed by atoms with Gasteiger partial charge in [-0.1, -0.05) is 23.7 Å². The third kappa shape index (κ3) is 5.26. The first-order valence-corrected chi connectivity index (χ1v) is 9.83. The summed E-state index contributed by atoms with van der Waals surface area (Å²) in [4.78, 5) is 27.3. The minimum Gasteiger partial charge on any atom is -0.339 e. The number of thioether (sulfide) groups is 1. The lowest BCUT2D eigenvalue weighted by atomic mass is 10.1. The topological polar surface area (TPSA) is 49.4 Å². The summed E-state index contributed by atoms with van der Waals surface area (Å²) in [7, 11) is 0. The monoisotopic (exact) mass is 390 g/mol. The standard InChI is InChI=1S/C20H23ClN2O2S/c1-4-23(5-2)20(25)15-10-12-16(13-11-15)22-19(24)14(3)26-18-9-7-6-8-17(18)21/h6-14H,4-5H2,1-3H3,(H,22,24). The van der Waals surface area contributed by atoms with Crippen LogP contribution in [0.4, 0.5) is 5.69 Å². The summed E-state index contributed by atoms with van der Waals surface area (Å²) in [5.74, 6) is -0.117. The van der Waals surface area contributed by atoms with Crippen molar-refractivity contribution in [3.63, 3.8) is 0 Å². The number of rotatable bonds is 7. The molecular weight excluding hydrogens is 368 g/mol. The second-order valence-electron chi connectivity index (χ2n) is 5.73. The highest BCUT2D eigenvalue weighted by Crippen LogP contribution is 2.30. The molecule has 2 aromatic carbocycles. The first-order chi connectivity index (χ1) is 12.5. The van der Waals surface area contributed by atoms with Gasteiger partial charge in [-0.15, -0.1) is 11.8 Å². The molecule has 0 saturated heterocycles. The van der Waals surface area contributed by atoms with Crippen LogP contribution in [0.15, 0.2) is 53.4 Å². The molecule has 0 aromatic heterocycles. The van der Waals surface area contributed by atoms with E-state index in [1.54, 1.807) is 35.2 Å². The summed E-state index contributed by atoms with van der Waals surface area (Å²) in [5, 5.41) is 3.21. The zero-order chi connectivity index (χ0) is 19.1. The van der Waals surface area contributed by atoms with Crippen LogP contribution < -0.4 is 5.32 Å². The Kier molecular flexibility index (Phi) is 7.54. The maximum Gasteiger partial charge on any atom is 0.253 e. The van der Waals surface area contributed by atoms with Gasteiger partial charge < -0.3 is 10.2 Å². The molecule has 2 rings (SSSR count). The smallest absolute Gasteiger partial charge is 0.253 e. The Morgan fingerprint density at radius 2 is 1.69 bits per heavy atom. The molecule has 1 N–H and O–H groups in total. The number of amides is 2. The SMILES string of the molecule is CCN(CC)C(=O)c1ccc(NC(=O)C(C)Sc2ccccc2Cl)cc1. The lowest BCUT2D eigenvalue weighted by molar-refractivity contribution is -0.115. The average Bonchev–Trinajstić information content (AvgIpc) is 2.65. The molecule has 0 fully saturated rings. The van der Waals surface area contributed by atoms with Gasteiger partial charge in [-0.05, 0) is 57.2 Å². The molecule has 4 nitrogen and oxygen atoms in total. The van der Waals surface area contributed by atoms with Crippen LogP contribution in [0.2, 0.25) is 5.02 Å². The molecular formula is C20H23ClN2O2S. The van der Waals surface area contributed by atoms with E-state index >= 15 is 0 Å². The highest BCUT2D eigenvalue weighted by molar-refractivity contribution is 8.00. The van der Waals surface area contributed by atoms with Crippen LogP contribution in [0.25, 0.3) is 0 Å². The molecule has 2 aromatic rings. The second-order valence-corrected chi connectivity index (χ2v) is 7.52. The number of carbonyl (C=O) groups is 2. The van der Waals surface area contributed by atoms with Crippen molar-refractivity contribution >= 4 is 40.9 Å². The van der Waals surface area contributed by atoms with E-state index < -0.39 is 0 Å². The Labute approximate surface area is 163 Å². The minimum atomic E-state index is -0.299. The van der Waals surface area contributed by atoms with Crippen molar-refractivity contribution in [3.05, 3.63) is 59.1 Å². The first-order valence-electron chi connectivity index (χ1n) is 8.57. The van der Waals surface area contributed by atoms with Gasteiger partial charge in [-0.25, -0.2) is 0 Å². The molecule has 0 aliphatic rings. The summed E-state index contributed by atoms with van der Waals surface area (Å²) >= 11 is 7.55. The molecule has 0 spiro atoms. The molecule has 1 unspecified atom stereocenters. The van der Waals surface area contributed by atoms with Crippen molar-refractivity contribution in [2.75, 3.05) is 18.4 Å². The zero-order valence-electron chi connectivity index (χ0n) is 15.2. The van der Waals surface area contributed by atoms with E-state index in [1.807, 2.05) is 39.0 Å². The Bertz CT molecular complexity index is 761. The van der Waals surface area contributed by atoms with Crippen molar-refractivity contribution in [2.45, 2.75) is 30.9 Å². The number of carbonyl (C=O) groups excluding carboxylic acids is 2. The Morgan fingerprint density at radius 3 is 2.27 bits per heavy atom. The highest BCUT2D eigenvalue weighted by atomic mass is 35.5. The summed E-state index contributed by atoms with van der Waals surface area (Å²) in [5.41, 5.74) is 1.28. The highest BCUT2D eigenvalue weighted by Gasteiger charge is 2.17. The van der Waals surface area contributed by atoms with E-state index in [2.05, 4.69) is 5.32 Å². The van der Waals surface area contributed by atoms with E-state index in [0.29, 0.717) is 29.4 Å². The molecule has 2 amide bonds. The van der Waals surface area contributed by atoms with Gasteiger partial charge >= 0.3 is 0 Å². The van der Waals surface area contributed by atoms with E-state index in [1.165, 1.54) is 11.8 Å². The Hall–Kier alpha value is -1.98. The summed E-state index contributed by atoms with van der Waals surface area (Å²) in [6, 6.07) is 14.4. The zero-order valence-corrected chi connectivity index (χ0v) is 16.7. The van der Waals surface area contributed by atoms with Gasteiger partial charge in [-0.3, -0.25) is 9.59 Å². The van der Waals surface area contributed by atoms with Crippen molar-refractivity contribution < 1.29 is 9.59 Å². The van der Waals surface area contributed by atoms with Gasteiger partial charge in [0.2, 0.25) is 5.91 Å². The number of nitrogens with zero attached hydrogens (tertiary/aromatic N) is 1. The fourth-order valence-electron chi connectivity index (χ4n) is 2.42. The summed E-state index contributed by atoms with van der Waals surface area (Å²) < 4.78 is 0. The average molecular weight is 391 g/mol. The molecule has 138 valence electrons. The third-order valence-corrected chi connectivity index (χ3v) is 5.58. The van der Waals surface area contributed by atoms with Crippen LogP contribution in [0.1, 0.15) is 31.1 Å². The normalized spacial score (nSPS) is 11.7. The van der Waals surface area contributed by atoms with Crippen molar-refractivity contribution in [1.29, 1.82) is 0 Å². The molecule has 0 bridgehead atoms. The quantitative estimate of drug-likeness (QED) is 0.681. The van der Waals surface area contributed by atoms with Crippen LogP contribution in [0, 0.1) is 0 Å². The number of nitrogens with one attached hydrogen (secondary N) is 1. The van der Waals surface area contributed by atoms with Crippen LogP contribution in [0.5, 0.6) is 0 Å². The van der Waals surface area contributed by atoms with Gasteiger partial charge in [0.15, 0.2) is 0 Å². The summed E-state index contributed by atoms with van der Waals surface area (Å²) in [6.07, 6.45) is 0. The van der Waals surface area contributed by atoms with Gasteiger partial charge in [0.25, 0.3) is 5.91 Å². The van der Waals surface area contributed by atoms with Crippen molar-refractivity contribution in [2.24, 2.45) is 0 Å². The molecule has 0 aliphatic heterocycles. The largest absolute Gasteiger partial charge is 0.339 e. The lowest BCUT2D eigenvalue weighted by Crippen LogP contribution is -2.30. The molecule has 0 heterocycles. The van der Waals surface area contributed by atoms with Crippen LogP contribution in [0.3, 0.4) is 0 Å². The Balaban J connectivity index is 1.98. The van der Waals surface area contributed by atoms with E-state index in [4.69, 9.17) is 11.6 Å². The van der Waals surface area contributed by atoms with E-state index in [9.17, 15) is 9.59 Å². The Morgan fingerprint density at radius 1 is 1.08 bits per heavy atom. The minimum absolute atomic E-state index is 0.00415. The maximum atomic E-state index is 12.4. The lowest BCUT2D eigenvalue weighted by Gasteiger charge is -2.18. The van der Waals surface area contributed by atoms with Crippen molar-refractivity contribution in [3.8, 4) is 0 Å². The maximum absolute atomic E-state index is 12.4. The number of anilines is 1. The number of hydrogen-bond donors (Lipinski definition) is 1. The predicted molar refractivity (Wildman–Crippen MR) is 109 cm³/mol. The van der Waals surface area contributed by atoms with E-state index in [-0.39, 0.29) is 17.1 Å². The van der Waals surface area contributed by atoms with E-state index in [0.717, 1.165) is 4.90 Å². The summed E-state index contributed by atoms with van der Waals surface area (Å²) in [6.45, 7) is 7.08. The van der Waals surface area contributed by atoms with Crippen LogP contribution in [-0.4, -0.2) is 35.1 Å². The number of benzene rings is 2. The van der Waals surface area contributed by atoms with Crippen LogP contribution in [-0.2, 0) is 4.79 Å².